The topological polar surface area (TPSA) is 72.6 Å². The summed E-state index contributed by atoms with van der Waals surface area (Å²) < 4.78 is 29.4. The van der Waals surface area contributed by atoms with Gasteiger partial charge in [-0.05, 0) is 32.0 Å². The number of nitrogens with zero attached hydrogens (tertiary/aromatic N) is 1. The molecule has 0 radical (unpaired) electrons. The summed E-state index contributed by atoms with van der Waals surface area (Å²) in [4.78, 5) is 2.44. The number of morpholine rings is 1. The van der Waals surface area contributed by atoms with Crippen LogP contribution in [0.2, 0.25) is 0 Å². The maximum atomic E-state index is 11.9. The highest BCUT2D eigenvalue weighted by Crippen LogP contribution is 2.29. The van der Waals surface area contributed by atoms with E-state index < -0.39 is 9.84 Å². The zero-order valence-corrected chi connectivity index (χ0v) is 13.0. The smallest absolute Gasteiger partial charge is 0.178 e. The second-order valence-electron chi connectivity index (χ2n) is 5.29. The molecule has 0 spiro atoms. The minimum atomic E-state index is -3.21. The fourth-order valence-corrected chi connectivity index (χ4v) is 3.47. The van der Waals surface area contributed by atoms with Gasteiger partial charge in [0.25, 0.3) is 0 Å². The SMILES string of the molecule is CCS(=O)(=O)c1ccc(N2C[C@@H](C)O[C@H](C)C2)c(N)c1. The Bertz CT molecular complexity index is 576. The molecular weight excluding hydrogens is 276 g/mol. The van der Waals surface area contributed by atoms with Gasteiger partial charge in [0.1, 0.15) is 0 Å². The van der Waals surface area contributed by atoms with Crippen LogP contribution < -0.4 is 10.6 Å². The first-order valence-electron chi connectivity index (χ1n) is 6.86. The highest BCUT2D eigenvalue weighted by molar-refractivity contribution is 7.91. The number of nitrogens with two attached hydrogens (primary N) is 1. The largest absolute Gasteiger partial charge is 0.397 e. The van der Waals surface area contributed by atoms with Crippen molar-refractivity contribution in [2.75, 3.05) is 29.5 Å². The van der Waals surface area contributed by atoms with E-state index in [4.69, 9.17) is 10.5 Å². The third kappa shape index (κ3) is 3.07. The zero-order valence-electron chi connectivity index (χ0n) is 12.2. The Morgan fingerprint density at radius 1 is 1.30 bits per heavy atom. The number of sulfone groups is 1. The Hall–Kier alpha value is -1.27. The molecule has 0 unspecified atom stereocenters. The Balaban J connectivity index is 2.30. The van der Waals surface area contributed by atoms with E-state index >= 15 is 0 Å². The molecule has 2 atom stereocenters. The lowest BCUT2D eigenvalue weighted by Gasteiger charge is -2.37. The molecule has 20 heavy (non-hydrogen) atoms. The maximum Gasteiger partial charge on any atom is 0.178 e. The van der Waals surface area contributed by atoms with Crippen LogP contribution in [-0.4, -0.2) is 39.5 Å². The van der Waals surface area contributed by atoms with Crippen LogP contribution in [-0.2, 0) is 14.6 Å². The summed E-state index contributed by atoms with van der Waals surface area (Å²) in [5, 5.41) is 0. The van der Waals surface area contributed by atoms with Gasteiger partial charge >= 0.3 is 0 Å². The molecule has 2 N–H and O–H groups in total. The molecule has 6 heteroatoms. The number of rotatable bonds is 3. The molecule has 0 saturated carbocycles. The quantitative estimate of drug-likeness (QED) is 0.860. The molecule has 1 aliphatic heterocycles. The van der Waals surface area contributed by atoms with Gasteiger partial charge in [0.05, 0.1) is 34.2 Å². The predicted octanol–water partition coefficient (Wildman–Crippen LogP) is 1.68. The van der Waals surface area contributed by atoms with Gasteiger partial charge in [-0.1, -0.05) is 6.92 Å². The van der Waals surface area contributed by atoms with Crippen molar-refractivity contribution in [2.45, 2.75) is 37.9 Å². The van der Waals surface area contributed by atoms with Gasteiger partial charge in [-0.25, -0.2) is 8.42 Å². The molecule has 1 aromatic rings. The lowest BCUT2D eigenvalue weighted by molar-refractivity contribution is -0.00517. The van der Waals surface area contributed by atoms with E-state index in [2.05, 4.69) is 4.90 Å². The third-order valence-corrected chi connectivity index (χ3v) is 5.23. The Labute approximate surface area is 120 Å². The number of anilines is 2. The van der Waals surface area contributed by atoms with Gasteiger partial charge < -0.3 is 15.4 Å². The van der Waals surface area contributed by atoms with Gasteiger partial charge in [-0.3, -0.25) is 0 Å². The van der Waals surface area contributed by atoms with E-state index in [9.17, 15) is 8.42 Å². The number of ether oxygens (including phenoxy) is 1. The average Bonchev–Trinajstić information content (AvgIpc) is 2.37. The Morgan fingerprint density at radius 2 is 1.90 bits per heavy atom. The van der Waals surface area contributed by atoms with Gasteiger partial charge in [-0.15, -0.1) is 0 Å². The van der Waals surface area contributed by atoms with Crippen LogP contribution >= 0.6 is 0 Å². The van der Waals surface area contributed by atoms with Crippen LogP contribution in [0.5, 0.6) is 0 Å². The minimum Gasteiger partial charge on any atom is -0.397 e. The van der Waals surface area contributed by atoms with E-state index in [1.54, 1.807) is 25.1 Å². The summed E-state index contributed by atoms with van der Waals surface area (Å²) in [6.45, 7) is 7.19. The van der Waals surface area contributed by atoms with Crippen molar-refractivity contribution < 1.29 is 13.2 Å². The molecule has 1 heterocycles. The number of benzene rings is 1. The van der Waals surface area contributed by atoms with Gasteiger partial charge in [0.15, 0.2) is 9.84 Å². The summed E-state index contributed by atoms with van der Waals surface area (Å²) in [5.74, 6) is 0.0808. The average molecular weight is 298 g/mol. The van der Waals surface area contributed by atoms with Crippen LogP contribution in [0.3, 0.4) is 0 Å². The normalized spacial score (nSPS) is 23.9. The fourth-order valence-electron chi connectivity index (χ4n) is 2.56. The molecule has 0 amide bonds. The van der Waals surface area contributed by atoms with E-state index in [0.29, 0.717) is 5.69 Å². The molecule has 0 aliphatic carbocycles. The first-order valence-corrected chi connectivity index (χ1v) is 8.51. The van der Waals surface area contributed by atoms with Crippen molar-refractivity contribution in [1.29, 1.82) is 0 Å². The van der Waals surface area contributed by atoms with Crippen molar-refractivity contribution in [2.24, 2.45) is 0 Å². The third-order valence-electron chi connectivity index (χ3n) is 3.50. The van der Waals surface area contributed by atoms with Crippen molar-refractivity contribution >= 4 is 21.2 Å². The molecule has 0 bridgehead atoms. The van der Waals surface area contributed by atoms with Gasteiger partial charge in [-0.2, -0.15) is 0 Å². The monoisotopic (exact) mass is 298 g/mol. The molecule has 0 aromatic heterocycles. The molecule has 2 rings (SSSR count). The van der Waals surface area contributed by atoms with Crippen LogP contribution in [0.25, 0.3) is 0 Å². The second kappa shape index (κ2) is 5.61. The first-order chi connectivity index (χ1) is 9.33. The predicted molar refractivity (Wildman–Crippen MR) is 80.8 cm³/mol. The highest BCUT2D eigenvalue weighted by atomic mass is 32.2. The fraction of sp³-hybridized carbons (Fsp3) is 0.571. The van der Waals surface area contributed by atoms with Crippen LogP contribution in [0.15, 0.2) is 23.1 Å². The lowest BCUT2D eigenvalue weighted by atomic mass is 10.2. The Kier molecular flexibility index (Phi) is 4.25. The van der Waals surface area contributed by atoms with Gasteiger partial charge in [0, 0.05) is 13.1 Å². The summed E-state index contributed by atoms with van der Waals surface area (Å²) in [5.41, 5.74) is 7.43. The van der Waals surface area contributed by atoms with Gasteiger partial charge in [0.2, 0.25) is 0 Å². The molecule has 1 aromatic carbocycles. The van der Waals surface area contributed by atoms with Crippen molar-refractivity contribution in [3.05, 3.63) is 18.2 Å². The highest BCUT2D eigenvalue weighted by Gasteiger charge is 2.24. The molecule has 1 fully saturated rings. The second-order valence-corrected chi connectivity index (χ2v) is 7.56. The summed E-state index contributed by atoms with van der Waals surface area (Å²) >= 11 is 0. The molecule has 1 saturated heterocycles. The van der Waals surface area contributed by atoms with Crippen LogP contribution in [0.1, 0.15) is 20.8 Å². The molecule has 5 nitrogen and oxygen atoms in total. The number of hydrogen-bond donors (Lipinski definition) is 1. The molecule has 112 valence electrons. The zero-order chi connectivity index (χ0) is 14.9. The van der Waals surface area contributed by atoms with Crippen molar-refractivity contribution in [3.8, 4) is 0 Å². The summed E-state index contributed by atoms with van der Waals surface area (Å²) in [7, 11) is -3.21. The Morgan fingerprint density at radius 3 is 2.40 bits per heavy atom. The minimum absolute atomic E-state index is 0.0808. The lowest BCUT2D eigenvalue weighted by Crippen LogP contribution is -2.45. The van der Waals surface area contributed by atoms with Crippen molar-refractivity contribution in [3.63, 3.8) is 0 Å². The van der Waals surface area contributed by atoms with E-state index in [1.165, 1.54) is 0 Å². The molecular formula is C14H22N2O3S. The van der Waals surface area contributed by atoms with E-state index in [1.807, 2.05) is 13.8 Å². The van der Waals surface area contributed by atoms with Crippen molar-refractivity contribution in [1.82, 2.24) is 0 Å². The summed E-state index contributed by atoms with van der Waals surface area (Å²) in [6.07, 6.45) is 0.273. The van der Waals surface area contributed by atoms with Crippen LogP contribution in [0.4, 0.5) is 11.4 Å². The van der Waals surface area contributed by atoms with Crippen LogP contribution in [0, 0.1) is 0 Å². The molecule has 1 aliphatic rings. The maximum absolute atomic E-state index is 11.9. The summed E-state index contributed by atoms with van der Waals surface area (Å²) in [6, 6.07) is 4.98. The number of nitrogen functional groups attached to an aromatic ring is 1. The first kappa shape index (κ1) is 15.1. The standard InChI is InChI=1S/C14H22N2O3S/c1-4-20(17,18)12-5-6-14(13(15)7-12)16-8-10(2)19-11(3)9-16/h5-7,10-11H,4,8-9,15H2,1-3H3/t10-,11-/m1/s1. The van der Waals surface area contributed by atoms with E-state index in [-0.39, 0.29) is 22.9 Å². The number of hydrogen-bond acceptors (Lipinski definition) is 5. The van der Waals surface area contributed by atoms with E-state index in [0.717, 1.165) is 18.8 Å².